The lowest BCUT2D eigenvalue weighted by atomic mass is 10.0. The zero-order valence-corrected chi connectivity index (χ0v) is 47.8. The smallest absolute Gasteiger partial charge is 0.306 e. The summed E-state index contributed by atoms with van der Waals surface area (Å²) in [7, 11) is 0. The fourth-order valence-corrected chi connectivity index (χ4v) is 9.36. The van der Waals surface area contributed by atoms with E-state index in [2.05, 4.69) is 57.2 Å². The van der Waals surface area contributed by atoms with Crippen LogP contribution in [0.1, 0.15) is 342 Å². The van der Waals surface area contributed by atoms with Gasteiger partial charge in [-0.25, -0.2) is 0 Å². The first-order valence-corrected chi connectivity index (χ1v) is 31.5. The molecular formula is C65H120O6. The number of carbonyl (C=O) groups is 3. The number of allylic oxidation sites excluding steroid dienone is 6. The molecule has 1 atom stereocenters. The Labute approximate surface area is 442 Å². The molecule has 0 aromatic carbocycles. The van der Waals surface area contributed by atoms with Crippen LogP contribution in [0.15, 0.2) is 36.5 Å². The molecule has 71 heavy (non-hydrogen) atoms. The van der Waals surface area contributed by atoms with E-state index in [9.17, 15) is 14.4 Å². The number of hydrogen-bond donors (Lipinski definition) is 0. The molecule has 1 unspecified atom stereocenters. The molecule has 0 amide bonds. The van der Waals surface area contributed by atoms with Crippen LogP contribution in [0.25, 0.3) is 0 Å². The Hall–Kier alpha value is -2.37. The second-order valence-electron chi connectivity index (χ2n) is 21.3. The van der Waals surface area contributed by atoms with Crippen molar-refractivity contribution in [1.82, 2.24) is 0 Å². The van der Waals surface area contributed by atoms with Crippen molar-refractivity contribution in [3.63, 3.8) is 0 Å². The second-order valence-corrected chi connectivity index (χ2v) is 21.3. The van der Waals surface area contributed by atoms with Crippen LogP contribution in [0.5, 0.6) is 0 Å². The second kappa shape index (κ2) is 60.2. The molecule has 0 aromatic rings. The molecule has 0 aromatic heterocycles. The highest BCUT2D eigenvalue weighted by molar-refractivity contribution is 5.71. The molecule has 0 rings (SSSR count). The van der Waals surface area contributed by atoms with E-state index in [-0.39, 0.29) is 31.1 Å². The zero-order chi connectivity index (χ0) is 51.4. The Balaban J connectivity index is 4.29. The van der Waals surface area contributed by atoms with E-state index in [0.29, 0.717) is 19.3 Å². The molecule has 0 saturated carbocycles. The third-order valence-corrected chi connectivity index (χ3v) is 14.1. The molecule has 416 valence electrons. The van der Waals surface area contributed by atoms with Crippen molar-refractivity contribution in [1.29, 1.82) is 0 Å². The molecule has 0 aliphatic rings. The summed E-state index contributed by atoms with van der Waals surface area (Å²) in [5, 5.41) is 0. The van der Waals surface area contributed by atoms with Crippen LogP contribution in [0.4, 0.5) is 0 Å². The summed E-state index contributed by atoms with van der Waals surface area (Å²) in [6.07, 6.45) is 72.9. The van der Waals surface area contributed by atoms with Gasteiger partial charge in [0, 0.05) is 19.3 Å². The Morgan fingerprint density at radius 1 is 0.282 bits per heavy atom. The highest BCUT2D eigenvalue weighted by Crippen LogP contribution is 2.17. The molecule has 0 saturated heterocycles. The molecular weight excluding hydrogens is 877 g/mol. The summed E-state index contributed by atoms with van der Waals surface area (Å²) < 4.78 is 16.9. The van der Waals surface area contributed by atoms with Crippen LogP contribution in [-0.4, -0.2) is 37.2 Å². The Kier molecular flexibility index (Phi) is 58.2. The Morgan fingerprint density at radius 2 is 0.535 bits per heavy atom. The zero-order valence-electron chi connectivity index (χ0n) is 47.8. The quantitative estimate of drug-likeness (QED) is 0.0261. The summed E-state index contributed by atoms with van der Waals surface area (Å²) in [6.45, 7) is 6.62. The average Bonchev–Trinajstić information content (AvgIpc) is 3.37. The fourth-order valence-electron chi connectivity index (χ4n) is 9.36. The number of rotatable bonds is 58. The van der Waals surface area contributed by atoms with Crippen molar-refractivity contribution in [2.75, 3.05) is 13.2 Å². The summed E-state index contributed by atoms with van der Waals surface area (Å²) in [6, 6.07) is 0. The molecule has 0 fully saturated rings. The van der Waals surface area contributed by atoms with E-state index in [1.54, 1.807) is 0 Å². The normalized spacial score (nSPS) is 12.2. The van der Waals surface area contributed by atoms with Crippen molar-refractivity contribution in [3.05, 3.63) is 36.5 Å². The highest BCUT2D eigenvalue weighted by atomic mass is 16.6. The average molecular weight is 998 g/mol. The summed E-state index contributed by atoms with van der Waals surface area (Å²) in [5.74, 6) is -0.868. The molecule has 6 heteroatoms. The molecule has 6 nitrogen and oxygen atoms in total. The van der Waals surface area contributed by atoms with E-state index >= 15 is 0 Å². The van der Waals surface area contributed by atoms with Gasteiger partial charge in [0.05, 0.1) is 0 Å². The minimum Gasteiger partial charge on any atom is -0.462 e. The maximum Gasteiger partial charge on any atom is 0.306 e. The number of carbonyl (C=O) groups excluding carboxylic acids is 3. The van der Waals surface area contributed by atoms with Crippen LogP contribution in [0, 0.1) is 0 Å². The lowest BCUT2D eigenvalue weighted by Crippen LogP contribution is -2.30. The topological polar surface area (TPSA) is 78.9 Å². The minimum atomic E-state index is -0.776. The van der Waals surface area contributed by atoms with E-state index in [4.69, 9.17) is 14.2 Å². The van der Waals surface area contributed by atoms with E-state index in [0.717, 1.165) is 83.5 Å². The molecule has 0 heterocycles. The van der Waals surface area contributed by atoms with Crippen LogP contribution in [0.3, 0.4) is 0 Å². The van der Waals surface area contributed by atoms with Gasteiger partial charge in [0.25, 0.3) is 0 Å². The molecule has 0 bridgehead atoms. The first-order valence-electron chi connectivity index (χ1n) is 31.5. The first-order chi connectivity index (χ1) is 35.0. The number of esters is 3. The molecule has 0 aliphatic carbocycles. The number of ether oxygens (including phenoxy) is 3. The first kappa shape index (κ1) is 68.6. The van der Waals surface area contributed by atoms with Crippen molar-refractivity contribution in [2.45, 2.75) is 348 Å². The van der Waals surface area contributed by atoms with Gasteiger partial charge >= 0.3 is 17.9 Å². The van der Waals surface area contributed by atoms with Crippen molar-refractivity contribution < 1.29 is 28.6 Å². The van der Waals surface area contributed by atoms with Gasteiger partial charge in [-0.2, -0.15) is 0 Å². The van der Waals surface area contributed by atoms with Gasteiger partial charge in [-0.1, -0.05) is 288 Å². The van der Waals surface area contributed by atoms with Crippen molar-refractivity contribution in [2.24, 2.45) is 0 Å². The lowest BCUT2D eigenvalue weighted by Gasteiger charge is -2.18. The van der Waals surface area contributed by atoms with E-state index < -0.39 is 6.10 Å². The van der Waals surface area contributed by atoms with Crippen LogP contribution in [-0.2, 0) is 28.6 Å². The highest BCUT2D eigenvalue weighted by Gasteiger charge is 2.19. The third kappa shape index (κ3) is 58.4. The lowest BCUT2D eigenvalue weighted by molar-refractivity contribution is -0.167. The van der Waals surface area contributed by atoms with Gasteiger partial charge in [0.1, 0.15) is 13.2 Å². The monoisotopic (exact) mass is 997 g/mol. The van der Waals surface area contributed by atoms with Crippen LogP contribution in [0.2, 0.25) is 0 Å². The predicted molar refractivity (Wildman–Crippen MR) is 307 cm³/mol. The summed E-state index contributed by atoms with van der Waals surface area (Å²) in [5.41, 5.74) is 0. The van der Waals surface area contributed by atoms with Crippen LogP contribution >= 0.6 is 0 Å². The van der Waals surface area contributed by atoms with E-state index in [1.165, 1.54) is 218 Å². The summed E-state index contributed by atoms with van der Waals surface area (Å²) in [4.78, 5) is 38.3. The van der Waals surface area contributed by atoms with Gasteiger partial charge in [-0.15, -0.1) is 0 Å². The fraction of sp³-hybridized carbons (Fsp3) is 0.862. The van der Waals surface area contributed by atoms with Gasteiger partial charge in [0.15, 0.2) is 6.10 Å². The third-order valence-electron chi connectivity index (χ3n) is 14.1. The van der Waals surface area contributed by atoms with Gasteiger partial charge in [-0.05, 0) is 70.6 Å². The SMILES string of the molecule is CCC/C=C\C/C=C\CCCCCCCC(=O)OCC(COC(=O)CCCCCCCCCCC/C=C\CCCCCCCCCC)OC(=O)CCCCCCCCCCCCCCCCCCCCC. The van der Waals surface area contributed by atoms with Gasteiger partial charge < -0.3 is 14.2 Å². The Bertz CT molecular complexity index is 1190. The van der Waals surface area contributed by atoms with Crippen molar-refractivity contribution >= 4 is 17.9 Å². The predicted octanol–water partition coefficient (Wildman–Crippen LogP) is 21.2. The largest absolute Gasteiger partial charge is 0.462 e. The van der Waals surface area contributed by atoms with Crippen LogP contribution < -0.4 is 0 Å². The van der Waals surface area contributed by atoms with E-state index in [1.807, 2.05) is 0 Å². The van der Waals surface area contributed by atoms with Gasteiger partial charge in [0.2, 0.25) is 0 Å². The molecule has 0 aliphatic heterocycles. The molecule has 0 spiro atoms. The molecule has 0 N–H and O–H groups in total. The van der Waals surface area contributed by atoms with Crippen molar-refractivity contribution in [3.8, 4) is 0 Å². The minimum absolute atomic E-state index is 0.0738. The number of unbranched alkanes of at least 4 members (excludes halogenated alkanes) is 41. The standard InChI is InChI=1S/C65H120O6/c1-4-7-10-13-16-19-22-25-27-29-31-32-34-35-37-40-43-46-49-52-55-58-64(67)70-61-62(60-69-63(66)57-54-51-48-45-42-39-24-21-18-15-12-9-6-3)71-65(68)59-56-53-50-47-44-41-38-36-33-30-28-26-23-20-17-14-11-8-5-2/h12,15,21,24,29,31,62H,4-11,13-14,16-20,22-23,25-28,30,32-61H2,1-3H3/b15-12-,24-21-,31-29-. The number of hydrogen-bond acceptors (Lipinski definition) is 6. The van der Waals surface area contributed by atoms with Gasteiger partial charge in [-0.3, -0.25) is 14.4 Å². The Morgan fingerprint density at radius 3 is 0.845 bits per heavy atom. The molecule has 0 radical (unpaired) electrons. The summed E-state index contributed by atoms with van der Waals surface area (Å²) >= 11 is 0. The maximum atomic E-state index is 12.9. The maximum absolute atomic E-state index is 12.9.